The van der Waals surface area contributed by atoms with Crippen LogP contribution in [0.25, 0.3) is 0 Å². The SMILES string of the molecule is COc1cccc(C2CCN2C(=O)C2(c3ccc(OC)c(OC)c3)CCCC2)c1. The Bertz CT molecular complexity index is 888. The van der Waals surface area contributed by atoms with Crippen molar-refractivity contribution in [3.05, 3.63) is 53.6 Å². The summed E-state index contributed by atoms with van der Waals surface area (Å²) in [6.45, 7) is 0.801. The number of amides is 1. The lowest BCUT2D eigenvalue weighted by Gasteiger charge is -2.46. The highest BCUT2D eigenvalue weighted by molar-refractivity contribution is 5.90. The molecule has 5 nitrogen and oxygen atoms in total. The molecule has 0 N–H and O–H groups in total. The predicted molar refractivity (Wildman–Crippen MR) is 112 cm³/mol. The lowest BCUT2D eigenvalue weighted by atomic mass is 9.75. The molecule has 2 aromatic rings. The summed E-state index contributed by atoms with van der Waals surface area (Å²) in [5, 5.41) is 0. The number of carbonyl (C=O) groups excluding carboxylic acids is 1. The van der Waals surface area contributed by atoms with Crippen LogP contribution in [-0.4, -0.2) is 38.7 Å². The summed E-state index contributed by atoms with van der Waals surface area (Å²) in [6.07, 6.45) is 4.88. The standard InChI is InChI=1S/C24H29NO4/c1-27-19-8-6-7-17(15-19)20-11-14-25(20)23(26)24(12-4-5-13-24)18-9-10-21(28-2)22(16-18)29-3/h6-10,15-16,20H,4-5,11-14H2,1-3H3. The first-order valence-corrected chi connectivity index (χ1v) is 10.3. The molecule has 154 valence electrons. The topological polar surface area (TPSA) is 48.0 Å². The summed E-state index contributed by atoms with van der Waals surface area (Å²) >= 11 is 0. The van der Waals surface area contributed by atoms with Gasteiger partial charge in [0.2, 0.25) is 5.91 Å². The number of nitrogens with zero attached hydrogens (tertiary/aromatic N) is 1. The van der Waals surface area contributed by atoms with Gasteiger partial charge in [0.25, 0.3) is 0 Å². The van der Waals surface area contributed by atoms with E-state index < -0.39 is 5.41 Å². The summed E-state index contributed by atoms with van der Waals surface area (Å²) in [6, 6.07) is 14.1. The minimum Gasteiger partial charge on any atom is -0.497 e. The van der Waals surface area contributed by atoms with Gasteiger partial charge in [0, 0.05) is 6.54 Å². The third-order valence-corrected chi connectivity index (χ3v) is 6.56. The van der Waals surface area contributed by atoms with E-state index in [2.05, 4.69) is 11.0 Å². The molecule has 2 fully saturated rings. The molecule has 1 amide bonds. The molecule has 0 bridgehead atoms. The molecule has 4 rings (SSSR count). The Morgan fingerprint density at radius 3 is 2.34 bits per heavy atom. The van der Waals surface area contributed by atoms with Gasteiger partial charge >= 0.3 is 0 Å². The molecule has 5 heteroatoms. The summed E-state index contributed by atoms with van der Waals surface area (Å²) in [5.74, 6) is 2.44. The lowest BCUT2D eigenvalue weighted by molar-refractivity contribution is -0.145. The molecule has 2 aromatic carbocycles. The number of benzene rings is 2. The van der Waals surface area contributed by atoms with Gasteiger partial charge in [0.05, 0.1) is 32.8 Å². The number of rotatable bonds is 6. The Balaban J connectivity index is 1.66. The van der Waals surface area contributed by atoms with Gasteiger partial charge in [0.15, 0.2) is 11.5 Å². The number of hydrogen-bond donors (Lipinski definition) is 0. The third kappa shape index (κ3) is 3.33. The molecule has 0 radical (unpaired) electrons. The maximum absolute atomic E-state index is 13.9. The molecule has 1 saturated carbocycles. The highest BCUT2D eigenvalue weighted by Crippen LogP contribution is 2.48. The van der Waals surface area contributed by atoms with E-state index in [0.29, 0.717) is 11.5 Å². The second-order valence-corrected chi connectivity index (χ2v) is 7.94. The number of hydrogen-bond acceptors (Lipinski definition) is 4. The maximum atomic E-state index is 13.9. The van der Waals surface area contributed by atoms with E-state index in [4.69, 9.17) is 14.2 Å². The molecule has 1 unspecified atom stereocenters. The molecule has 1 aliphatic heterocycles. The van der Waals surface area contributed by atoms with Crippen molar-refractivity contribution in [2.24, 2.45) is 0 Å². The molecule has 1 aliphatic carbocycles. The van der Waals surface area contributed by atoms with Gasteiger partial charge in [-0.2, -0.15) is 0 Å². The third-order valence-electron chi connectivity index (χ3n) is 6.56. The zero-order valence-electron chi connectivity index (χ0n) is 17.4. The quantitative estimate of drug-likeness (QED) is 0.723. The fraction of sp³-hybridized carbons (Fsp3) is 0.458. The minimum atomic E-state index is -0.475. The van der Waals surface area contributed by atoms with Crippen LogP contribution in [0.3, 0.4) is 0 Å². The smallest absolute Gasteiger partial charge is 0.233 e. The van der Waals surface area contributed by atoms with Crippen LogP contribution in [0.5, 0.6) is 17.2 Å². The van der Waals surface area contributed by atoms with Gasteiger partial charge in [-0.25, -0.2) is 0 Å². The summed E-state index contributed by atoms with van der Waals surface area (Å²) in [5.41, 5.74) is 1.70. The zero-order valence-corrected chi connectivity index (χ0v) is 17.4. The van der Waals surface area contributed by atoms with Crippen molar-refractivity contribution in [2.75, 3.05) is 27.9 Å². The Labute approximate surface area is 172 Å². The summed E-state index contributed by atoms with van der Waals surface area (Å²) in [4.78, 5) is 15.9. The maximum Gasteiger partial charge on any atom is 0.233 e. The van der Waals surface area contributed by atoms with Crippen LogP contribution in [0.2, 0.25) is 0 Å². The van der Waals surface area contributed by atoms with Crippen molar-refractivity contribution < 1.29 is 19.0 Å². The van der Waals surface area contributed by atoms with E-state index in [1.165, 1.54) is 0 Å². The molecule has 0 spiro atoms. The average Bonchev–Trinajstić information content (AvgIpc) is 3.23. The lowest BCUT2D eigenvalue weighted by Crippen LogP contribution is -2.53. The van der Waals surface area contributed by atoms with E-state index in [-0.39, 0.29) is 11.9 Å². The zero-order chi connectivity index (χ0) is 20.4. The number of methoxy groups -OCH3 is 3. The minimum absolute atomic E-state index is 0.121. The van der Waals surface area contributed by atoms with Crippen LogP contribution < -0.4 is 14.2 Å². The van der Waals surface area contributed by atoms with Crippen LogP contribution in [-0.2, 0) is 10.2 Å². The van der Waals surface area contributed by atoms with Gasteiger partial charge in [-0.05, 0) is 54.7 Å². The van der Waals surface area contributed by atoms with Gasteiger partial charge in [-0.15, -0.1) is 0 Å². The van der Waals surface area contributed by atoms with E-state index in [1.54, 1.807) is 21.3 Å². The van der Waals surface area contributed by atoms with Crippen molar-refractivity contribution >= 4 is 5.91 Å². The normalized spacial score (nSPS) is 20.1. The van der Waals surface area contributed by atoms with Crippen molar-refractivity contribution in [2.45, 2.75) is 43.6 Å². The molecular formula is C24H29NO4. The predicted octanol–water partition coefficient (Wildman–Crippen LogP) is 4.50. The molecule has 2 aliphatic rings. The molecule has 0 aromatic heterocycles. The van der Waals surface area contributed by atoms with E-state index in [9.17, 15) is 4.79 Å². The molecule has 1 heterocycles. The van der Waals surface area contributed by atoms with Crippen LogP contribution in [0.4, 0.5) is 0 Å². The van der Waals surface area contributed by atoms with E-state index in [1.807, 2.05) is 36.4 Å². The van der Waals surface area contributed by atoms with Crippen LogP contribution in [0.15, 0.2) is 42.5 Å². The second-order valence-electron chi connectivity index (χ2n) is 7.94. The number of ether oxygens (including phenoxy) is 3. The fourth-order valence-electron chi connectivity index (χ4n) is 4.84. The molecule has 29 heavy (non-hydrogen) atoms. The molecule has 1 saturated heterocycles. The van der Waals surface area contributed by atoms with Gasteiger partial charge in [-0.3, -0.25) is 4.79 Å². The van der Waals surface area contributed by atoms with Gasteiger partial charge in [-0.1, -0.05) is 31.0 Å². The highest BCUT2D eigenvalue weighted by atomic mass is 16.5. The van der Waals surface area contributed by atoms with Crippen LogP contribution >= 0.6 is 0 Å². The van der Waals surface area contributed by atoms with Crippen molar-refractivity contribution in [3.63, 3.8) is 0 Å². The second kappa shape index (κ2) is 7.97. The highest BCUT2D eigenvalue weighted by Gasteiger charge is 2.49. The van der Waals surface area contributed by atoms with Crippen LogP contribution in [0.1, 0.15) is 49.3 Å². The Morgan fingerprint density at radius 2 is 1.72 bits per heavy atom. The first-order valence-electron chi connectivity index (χ1n) is 10.3. The molecular weight excluding hydrogens is 366 g/mol. The first-order chi connectivity index (χ1) is 14.1. The molecule has 1 atom stereocenters. The number of likely N-dealkylation sites (tertiary alicyclic amines) is 1. The Morgan fingerprint density at radius 1 is 0.966 bits per heavy atom. The van der Waals surface area contributed by atoms with Crippen LogP contribution in [0, 0.1) is 0 Å². The summed E-state index contributed by atoms with van der Waals surface area (Å²) in [7, 11) is 4.94. The first kappa shape index (κ1) is 19.6. The summed E-state index contributed by atoms with van der Waals surface area (Å²) < 4.78 is 16.3. The van der Waals surface area contributed by atoms with Crippen molar-refractivity contribution in [1.29, 1.82) is 0 Å². The van der Waals surface area contributed by atoms with Gasteiger partial charge in [0.1, 0.15) is 5.75 Å². The Hall–Kier alpha value is -2.69. The number of carbonyl (C=O) groups is 1. The van der Waals surface area contributed by atoms with Crippen molar-refractivity contribution in [3.8, 4) is 17.2 Å². The monoisotopic (exact) mass is 395 g/mol. The van der Waals surface area contributed by atoms with E-state index >= 15 is 0 Å². The van der Waals surface area contributed by atoms with Crippen molar-refractivity contribution in [1.82, 2.24) is 4.90 Å². The Kier molecular flexibility index (Phi) is 5.39. The van der Waals surface area contributed by atoms with Gasteiger partial charge < -0.3 is 19.1 Å². The largest absolute Gasteiger partial charge is 0.497 e. The average molecular weight is 395 g/mol. The fourth-order valence-corrected chi connectivity index (χ4v) is 4.84. The van der Waals surface area contributed by atoms with E-state index in [0.717, 1.165) is 55.5 Å².